The van der Waals surface area contributed by atoms with E-state index in [0.717, 1.165) is 5.56 Å². The Morgan fingerprint density at radius 2 is 1.88 bits per heavy atom. The van der Waals surface area contributed by atoms with E-state index in [2.05, 4.69) is 0 Å². The maximum atomic E-state index is 13.7. The van der Waals surface area contributed by atoms with Crippen molar-refractivity contribution < 1.29 is 4.39 Å². The van der Waals surface area contributed by atoms with E-state index in [1.54, 1.807) is 12.1 Å². The van der Waals surface area contributed by atoms with Crippen LogP contribution in [0.1, 0.15) is 43.6 Å². The second-order valence-electron chi connectivity index (χ2n) is 4.76. The van der Waals surface area contributed by atoms with Gasteiger partial charge < -0.3 is 5.73 Å². The molecule has 16 heavy (non-hydrogen) atoms. The van der Waals surface area contributed by atoms with Gasteiger partial charge >= 0.3 is 0 Å². The molecule has 0 radical (unpaired) electrons. The molecule has 1 aliphatic carbocycles. The summed E-state index contributed by atoms with van der Waals surface area (Å²) in [6, 6.07) is 7.08. The third-order valence-corrected chi connectivity index (χ3v) is 3.78. The Hall–Kier alpha value is -0.890. The van der Waals surface area contributed by atoms with Crippen LogP contribution >= 0.6 is 0 Å². The topological polar surface area (TPSA) is 26.0 Å². The molecule has 0 aliphatic heterocycles. The predicted octanol–water partition coefficient (Wildman–Crippen LogP) is 3.45. The first-order valence-corrected chi connectivity index (χ1v) is 6.27. The van der Waals surface area contributed by atoms with Gasteiger partial charge in [-0.3, -0.25) is 0 Å². The summed E-state index contributed by atoms with van der Waals surface area (Å²) in [6.07, 6.45) is 6.28. The molecule has 0 bridgehead atoms. The molecule has 1 aromatic rings. The van der Waals surface area contributed by atoms with E-state index < -0.39 is 0 Å². The van der Waals surface area contributed by atoms with Gasteiger partial charge in [-0.1, -0.05) is 37.5 Å². The van der Waals surface area contributed by atoms with Crippen molar-refractivity contribution in [1.29, 1.82) is 0 Å². The Kier molecular flexibility index (Phi) is 3.94. The van der Waals surface area contributed by atoms with Gasteiger partial charge in [-0.2, -0.15) is 0 Å². The lowest BCUT2D eigenvalue weighted by Crippen LogP contribution is -2.24. The molecule has 0 saturated heterocycles. The minimum absolute atomic E-state index is 0.0940. The van der Waals surface area contributed by atoms with Crippen LogP contribution in [0.5, 0.6) is 0 Å². The molecule has 88 valence electrons. The first kappa shape index (κ1) is 11.6. The first-order chi connectivity index (χ1) is 7.83. The zero-order valence-electron chi connectivity index (χ0n) is 9.66. The molecular formula is C14H20FN. The van der Waals surface area contributed by atoms with Gasteiger partial charge in [0.15, 0.2) is 0 Å². The third kappa shape index (κ3) is 2.43. The molecule has 1 aromatic carbocycles. The SMILES string of the molecule is NCC(c1ccccc1F)C1CCCCC1. The summed E-state index contributed by atoms with van der Waals surface area (Å²) in [4.78, 5) is 0. The molecule has 1 atom stereocenters. The van der Waals surface area contributed by atoms with E-state index in [1.165, 1.54) is 32.1 Å². The fourth-order valence-corrected chi connectivity index (χ4v) is 2.89. The number of nitrogens with two attached hydrogens (primary N) is 1. The van der Waals surface area contributed by atoms with Gasteiger partial charge in [0.05, 0.1) is 0 Å². The molecule has 2 N–H and O–H groups in total. The van der Waals surface area contributed by atoms with E-state index in [1.807, 2.05) is 12.1 Å². The van der Waals surface area contributed by atoms with E-state index in [4.69, 9.17) is 5.73 Å². The first-order valence-electron chi connectivity index (χ1n) is 6.27. The van der Waals surface area contributed by atoms with Crippen molar-refractivity contribution in [3.8, 4) is 0 Å². The van der Waals surface area contributed by atoms with Gasteiger partial charge in [-0.05, 0) is 36.9 Å². The van der Waals surface area contributed by atoms with Crippen molar-refractivity contribution in [1.82, 2.24) is 0 Å². The average Bonchev–Trinajstić information content (AvgIpc) is 2.34. The summed E-state index contributed by atoms with van der Waals surface area (Å²) in [7, 11) is 0. The number of halogens is 1. The van der Waals surface area contributed by atoms with Crippen molar-refractivity contribution in [2.75, 3.05) is 6.54 Å². The fourth-order valence-electron chi connectivity index (χ4n) is 2.89. The lowest BCUT2D eigenvalue weighted by atomic mass is 9.77. The molecule has 1 aliphatic rings. The lowest BCUT2D eigenvalue weighted by molar-refractivity contribution is 0.303. The molecule has 0 spiro atoms. The molecule has 1 unspecified atom stereocenters. The molecule has 0 aromatic heterocycles. The van der Waals surface area contributed by atoms with Gasteiger partial charge in [0.1, 0.15) is 5.82 Å². The quantitative estimate of drug-likeness (QED) is 0.831. The van der Waals surface area contributed by atoms with E-state index in [-0.39, 0.29) is 11.7 Å². The Morgan fingerprint density at radius 1 is 1.19 bits per heavy atom. The summed E-state index contributed by atoms with van der Waals surface area (Å²) in [5.41, 5.74) is 6.65. The average molecular weight is 221 g/mol. The largest absolute Gasteiger partial charge is 0.330 e. The van der Waals surface area contributed by atoms with Gasteiger partial charge in [-0.25, -0.2) is 4.39 Å². The van der Waals surface area contributed by atoms with Crippen LogP contribution in [-0.2, 0) is 0 Å². The van der Waals surface area contributed by atoms with Crippen molar-refractivity contribution in [3.05, 3.63) is 35.6 Å². The van der Waals surface area contributed by atoms with Gasteiger partial charge in [0.2, 0.25) is 0 Å². The highest BCUT2D eigenvalue weighted by Crippen LogP contribution is 2.36. The van der Waals surface area contributed by atoms with Crippen molar-refractivity contribution >= 4 is 0 Å². The van der Waals surface area contributed by atoms with E-state index >= 15 is 0 Å². The Balaban J connectivity index is 2.18. The number of hydrogen-bond acceptors (Lipinski definition) is 1. The number of hydrogen-bond donors (Lipinski definition) is 1. The van der Waals surface area contributed by atoms with Crippen LogP contribution in [0.2, 0.25) is 0 Å². The second kappa shape index (κ2) is 5.44. The number of rotatable bonds is 3. The van der Waals surface area contributed by atoms with Crippen molar-refractivity contribution in [3.63, 3.8) is 0 Å². The Morgan fingerprint density at radius 3 is 2.50 bits per heavy atom. The molecule has 2 heteroatoms. The highest BCUT2D eigenvalue weighted by atomic mass is 19.1. The highest BCUT2D eigenvalue weighted by molar-refractivity contribution is 5.23. The Labute approximate surface area is 96.9 Å². The summed E-state index contributed by atoms with van der Waals surface area (Å²) in [6.45, 7) is 0.561. The normalized spacial score (nSPS) is 19.6. The monoisotopic (exact) mass is 221 g/mol. The maximum absolute atomic E-state index is 13.7. The molecule has 1 nitrogen and oxygen atoms in total. The molecule has 2 rings (SSSR count). The third-order valence-electron chi connectivity index (χ3n) is 3.78. The van der Waals surface area contributed by atoms with Crippen LogP contribution < -0.4 is 5.73 Å². The molecule has 0 heterocycles. The molecule has 1 fully saturated rings. The fraction of sp³-hybridized carbons (Fsp3) is 0.571. The summed E-state index contributed by atoms with van der Waals surface area (Å²) < 4.78 is 13.7. The van der Waals surface area contributed by atoms with Crippen LogP contribution in [0.3, 0.4) is 0 Å². The van der Waals surface area contributed by atoms with Gasteiger partial charge in [0, 0.05) is 5.92 Å². The molecular weight excluding hydrogens is 201 g/mol. The van der Waals surface area contributed by atoms with Gasteiger partial charge in [-0.15, -0.1) is 0 Å². The minimum atomic E-state index is -0.0940. The molecule has 0 amide bonds. The zero-order chi connectivity index (χ0) is 11.4. The van der Waals surface area contributed by atoms with E-state index in [0.29, 0.717) is 12.5 Å². The minimum Gasteiger partial charge on any atom is -0.330 e. The maximum Gasteiger partial charge on any atom is 0.126 e. The Bertz CT molecular complexity index is 331. The molecule has 1 saturated carbocycles. The van der Waals surface area contributed by atoms with Crippen LogP contribution in [0, 0.1) is 11.7 Å². The van der Waals surface area contributed by atoms with E-state index in [9.17, 15) is 4.39 Å². The predicted molar refractivity (Wildman–Crippen MR) is 64.8 cm³/mol. The van der Waals surface area contributed by atoms with Crippen molar-refractivity contribution in [2.45, 2.75) is 38.0 Å². The van der Waals surface area contributed by atoms with Crippen LogP contribution in [0.25, 0.3) is 0 Å². The highest BCUT2D eigenvalue weighted by Gasteiger charge is 2.25. The summed E-state index contributed by atoms with van der Waals surface area (Å²) in [5, 5.41) is 0. The smallest absolute Gasteiger partial charge is 0.126 e. The summed E-state index contributed by atoms with van der Waals surface area (Å²) >= 11 is 0. The number of benzene rings is 1. The van der Waals surface area contributed by atoms with Crippen LogP contribution in [0.4, 0.5) is 4.39 Å². The van der Waals surface area contributed by atoms with Gasteiger partial charge in [0.25, 0.3) is 0 Å². The van der Waals surface area contributed by atoms with Crippen LogP contribution in [0.15, 0.2) is 24.3 Å². The lowest BCUT2D eigenvalue weighted by Gasteiger charge is -2.29. The summed E-state index contributed by atoms with van der Waals surface area (Å²) in [5.74, 6) is 0.695. The standard InChI is InChI=1S/C14H20FN/c15-14-9-5-4-8-12(14)13(10-16)11-6-2-1-3-7-11/h4-5,8-9,11,13H,1-3,6-7,10,16H2. The zero-order valence-corrected chi connectivity index (χ0v) is 9.66. The van der Waals surface area contributed by atoms with Crippen LogP contribution in [-0.4, -0.2) is 6.54 Å². The van der Waals surface area contributed by atoms with Crippen molar-refractivity contribution in [2.24, 2.45) is 11.7 Å². The second-order valence-corrected chi connectivity index (χ2v) is 4.76.